The molecule has 0 unspecified atom stereocenters. The number of carboxylic acids is 1. The fourth-order valence-corrected chi connectivity index (χ4v) is 1.07. The van der Waals surface area contributed by atoms with Crippen LogP contribution >= 0.6 is 0 Å². The van der Waals surface area contributed by atoms with Crippen molar-refractivity contribution in [3.63, 3.8) is 0 Å². The normalized spacial score (nSPS) is 20.1. The van der Waals surface area contributed by atoms with Crippen LogP contribution in [0.2, 0.25) is 0 Å². The molecule has 0 aromatic carbocycles. The Kier molecular flexibility index (Phi) is 6.85. The molecule has 0 heterocycles. The number of rotatable bonds is 8. The van der Waals surface area contributed by atoms with Crippen LogP contribution in [-0.2, 0) is 14.3 Å². The van der Waals surface area contributed by atoms with Gasteiger partial charge in [0.1, 0.15) is 24.4 Å². The van der Waals surface area contributed by atoms with Crippen LogP contribution in [0, 0.1) is 0 Å². The van der Waals surface area contributed by atoms with E-state index in [2.05, 4.69) is 0 Å². The van der Waals surface area contributed by atoms with Crippen LogP contribution in [0.4, 0.5) is 0 Å². The van der Waals surface area contributed by atoms with Crippen LogP contribution in [-0.4, -0.2) is 74.9 Å². The van der Waals surface area contributed by atoms with Gasteiger partial charge in [0.2, 0.25) is 0 Å². The molecule has 8 heteroatoms. The second kappa shape index (κ2) is 7.30. The fourth-order valence-electron chi connectivity index (χ4n) is 1.07. The predicted molar refractivity (Wildman–Crippen MR) is 53.1 cm³/mol. The number of hydrogen-bond acceptors (Lipinski definition) is 7. The van der Waals surface area contributed by atoms with E-state index in [1.165, 1.54) is 0 Å². The molecule has 0 aliphatic carbocycles. The lowest BCUT2D eigenvalue weighted by molar-refractivity contribution is -0.179. The molecule has 0 radical (unpaired) electrons. The average Bonchev–Trinajstić information content (AvgIpc) is 2.32. The minimum Gasteiger partial charge on any atom is -0.479 e. The van der Waals surface area contributed by atoms with Gasteiger partial charge >= 0.3 is 5.97 Å². The molecule has 0 rings (SSSR count). The highest BCUT2D eigenvalue weighted by Gasteiger charge is 2.35. The topological polar surface area (TPSA) is 145 Å². The van der Waals surface area contributed by atoms with E-state index in [9.17, 15) is 19.8 Å². The zero-order valence-corrected chi connectivity index (χ0v) is 9.13. The van der Waals surface area contributed by atoms with Crippen LogP contribution in [0.25, 0.3) is 0 Å². The van der Waals surface area contributed by atoms with E-state index in [1.807, 2.05) is 0 Å². The number of aliphatic hydroxyl groups is 4. The summed E-state index contributed by atoms with van der Waals surface area (Å²) in [5, 5.41) is 45.1. The van der Waals surface area contributed by atoms with Crippen molar-refractivity contribution in [1.29, 1.82) is 0 Å². The number of carboxylic acid groups (broad SMARTS) is 1. The minimum atomic E-state index is -1.85. The van der Waals surface area contributed by atoms with Crippen LogP contribution in [0.15, 0.2) is 0 Å². The summed E-state index contributed by atoms with van der Waals surface area (Å²) in [7, 11) is 0. The molecular weight excluding hydrogens is 236 g/mol. The monoisotopic (exact) mass is 252 g/mol. The Morgan fingerprint density at radius 1 is 1.35 bits per heavy atom. The van der Waals surface area contributed by atoms with Crippen LogP contribution < -0.4 is 0 Å². The molecule has 5 atom stereocenters. The Labute approximate surface area is 97.1 Å². The maximum Gasteiger partial charge on any atom is 0.332 e. The van der Waals surface area contributed by atoms with Crippen LogP contribution in [0.1, 0.15) is 6.92 Å². The third-order valence-corrected chi connectivity index (χ3v) is 2.10. The van der Waals surface area contributed by atoms with Crippen LogP contribution in [0.3, 0.4) is 0 Å². The molecule has 0 saturated heterocycles. The van der Waals surface area contributed by atoms with E-state index in [-0.39, 0.29) is 6.29 Å². The lowest BCUT2D eigenvalue weighted by Gasteiger charge is -2.29. The first-order valence-electron chi connectivity index (χ1n) is 4.83. The van der Waals surface area contributed by atoms with Gasteiger partial charge in [0, 0.05) is 0 Å². The summed E-state index contributed by atoms with van der Waals surface area (Å²) in [6, 6.07) is 0. The van der Waals surface area contributed by atoms with Gasteiger partial charge in [0.15, 0.2) is 12.4 Å². The van der Waals surface area contributed by atoms with Crippen molar-refractivity contribution in [3.8, 4) is 0 Å². The van der Waals surface area contributed by atoms with Gasteiger partial charge in [-0.15, -0.1) is 0 Å². The van der Waals surface area contributed by atoms with Crippen molar-refractivity contribution < 1.29 is 39.9 Å². The second-order valence-electron chi connectivity index (χ2n) is 3.45. The Balaban J connectivity index is 4.75. The lowest BCUT2D eigenvalue weighted by Crippen LogP contribution is -2.50. The molecular formula is C9H16O8. The quantitative estimate of drug-likeness (QED) is 0.290. The Morgan fingerprint density at radius 2 is 1.88 bits per heavy atom. The smallest absolute Gasteiger partial charge is 0.332 e. The Morgan fingerprint density at radius 3 is 2.24 bits per heavy atom. The number of carbonyl (C=O) groups is 2. The summed E-state index contributed by atoms with van der Waals surface area (Å²) >= 11 is 0. The molecule has 8 nitrogen and oxygen atoms in total. The molecule has 0 aromatic heterocycles. The Bertz CT molecular complexity index is 255. The SMILES string of the molecule is C[C@H](O[C@@H]([C@H](O)[C@H](O)C=O)[C@H](O)CO)C(=O)O. The summed E-state index contributed by atoms with van der Waals surface area (Å²) in [6.45, 7) is 0.319. The first-order chi connectivity index (χ1) is 7.84. The molecule has 5 N–H and O–H groups in total. The van der Waals surface area contributed by atoms with Crippen molar-refractivity contribution in [2.75, 3.05) is 6.61 Å². The van der Waals surface area contributed by atoms with E-state index in [4.69, 9.17) is 20.1 Å². The first-order valence-corrected chi connectivity index (χ1v) is 4.83. The Hall–Kier alpha value is -1.06. The molecule has 0 fully saturated rings. The zero-order valence-electron chi connectivity index (χ0n) is 9.13. The van der Waals surface area contributed by atoms with Crippen molar-refractivity contribution in [3.05, 3.63) is 0 Å². The van der Waals surface area contributed by atoms with Gasteiger partial charge in [0.05, 0.1) is 6.61 Å². The minimum absolute atomic E-state index is 0.0105. The van der Waals surface area contributed by atoms with Gasteiger partial charge in [-0.25, -0.2) is 4.79 Å². The van der Waals surface area contributed by atoms with Gasteiger partial charge in [-0.3, -0.25) is 0 Å². The molecule has 0 aliphatic rings. The maximum atomic E-state index is 10.5. The van der Waals surface area contributed by atoms with E-state index in [0.29, 0.717) is 0 Å². The van der Waals surface area contributed by atoms with E-state index in [0.717, 1.165) is 6.92 Å². The van der Waals surface area contributed by atoms with Gasteiger partial charge in [-0.1, -0.05) is 0 Å². The molecule has 0 spiro atoms. The predicted octanol–water partition coefficient (Wildman–Crippen LogP) is -2.88. The number of ether oxygens (including phenoxy) is 1. The van der Waals surface area contributed by atoms with Crippen molar-refractivity contribution in [2.45, 2.75) is 37.4 Å². The van der Waals surface area contributed by atoms with Gasteiger partial charge in [-0.05, 0) is 6.92 Å². The summed E-state index contributed by atoms with van der Waals surface area (Å²) in [6.07, 6.45) is -8.27. The average molecular weight is 252 g/mol. The maximum absolute atomic E-state index is 10.5. The van der Waals surface area contributed by atoms with E-state index in [1.54, 1.807) is 0 Å². The van der Waals surface area contributed by atoms with Crippen molar-refractivity contribution in [2.24, 2.45) is 0 Å². The molecule has 0 aromatic rings. The van der Waals surface area contributed by atoms with Gasteiger partial charge in [-0.2, -0.15) is 0 Å². The van der Waals surface area contributed by atoms with Gasteiger partial charge < -0.3 is 35.1 Å². The standard InChI is InChI=1S/C9H16O8/c1-4(9(15)16)17-8(6(13)3-11)7(14)5(12)2-10/h2,4-8,11-14H,3H2,1H3,(H,15,16)/t4-,5+,6+,7+,8+/m0/s1. The summed E-state index contributed by atoms with van der Waals surface area (Å²) in [5.41, 5.74) is 0. The summed E-state index contributed by atoms with van der Waals surface area (Å²) in [4.78, 5) is 20.8. The number of aliphatic carboxylic acids is 1. The largest absolute Gasteiger partial charge is 0.479 e. The second-order valence-corrected chi connectivity index (χ2v) is 3.45. The third kappa shape index (κ3) is 4.75. The van der Waals surface area contributed by atoms with Gasteiger partial charge in [0.25, 0.3) is 0 Å². The van der Waals surface area contributed by atoms with Crippen molar-refractivity contribution in [1.82, 2.24) is 0 Å². The number of aliphatic hydroxyl groups excluding tert-OH is 4. The molecule has 0 saturated carbocycles. The number of hydrogen-bond donors (Lipinski definition) is 5. The zero-order chi connectivity index (χ0) is 13.6. The molecule has 0 bridgehead atoms. The highest BCUT2D eigenvalue weighted by molar-refractivity contribution is 5.71. The molecule has 0 amide bonds. The van der Waals surface area contributed by atoms with E-state index < -0.39 is 43.1 Å². The number of aldehydes is 1. The molecule has 100 valence electrons. The third-order valence-electron chi connectivity index (χ3n) is 2.10. The highest BCUT2D eigenvalue weighted by atomic mass is 16.5. The van der Waals surface area contributed by atoms with Crippen molar-refractivity contribution >= 4 is 12.3 Å². The molecule has 17 heavy (non-hydrogen) atoms. The fraction of sp³-hybridized carbons (Fsp3) is 0.778. The van der Waals surface area contributed by atoms with E-state index >= 15 is 0 Å². The summed E-state index contributed by atoms with van der Waals surface area (Å²) < 4.78 is 4.77. The first kappa shape index (κ1) is 15.9. The number of carbonyl (C=O) groups excluding carboxylic acids is 1. The van der Waals surface area contributed by atoms with Crippen LogP contribution in [0.5, 0.6) is 0 Å². The lowest BCUT2D eigenvalue weighted by atomic mass is 10.0. The highest BCUT2D eigenvalue weighted by Crippen LogP contribution is 2.11. The molecule has 0 aliphatic heterocycles. The summed E-state index contributed by atoms with van der Waals surface area (Å²) in [5.74, 6) is -1.35.